The van der Waals surface area contributed by atoms with Crippen molar-refractivity contribution in [2.75, 3.05) is 13.2 Å². The molecule has 2 aromatic rings. The summed E-state index contributed by atoms with van der Waals surface area (Å²) < 4.78 is 38.0. The predicted octanol–water partition coefficient (Wildman–Crippen LogP) is 2.06. The number of ether oxygens (including phenoxy) is 1. The zero-order valence-electron chi connectivity index (χ0n) is 14.2. The minimum absolute atomic E-state index is 0.164. The second kappa shape index (κ2) is 5.64. The normalized spacial score (nSPS) is 27.1. The van der Waals surface area contributed by atoms with Crippen molar-refractivity contribution >= 4 is 33.3 Å². The van der Waals surface area contributed by atoms with Crippen molar-refractivity contribution in [3.8, 4) is 0 Å². The van der Waals surface area contributed by atoms with Crippen LogP contribution in [0, 0.1) is 0 Å². The van der Waals surface area contributed by atoms with E-state index in [1.807, 2.05) is 0 Å². The van der Waals surface area contributed by atoms with Crippen molar-refractivity contribution in [2.45, 2.75) is 22.2 Å². The molecule has 3 aliphatic heterocycles. The fourth-order valence-corrected chi connectivity index (χ4v) is 5.79. The van der Waals surface area contributed by atoms with Crippen LogP contribution in [0.4, 0.5) is 0 Å². The third-order valence-corrected chi connectivity index (χ3v) is 7.35. The van der Waals surface area contributed by atoms with Crippen molar-refractivity contribution in [1.82, 2.24) is 4.90 Å². The molecule has 0 aliphatic carbocycles. The number of carbonyl (C=O) groups excluding carboxylic acids is 1. The summed E-state index contributed by atoms with van der Waals surface area (Å²) in [4.78, 5) is 17.9. The fourth-order valence-electron chi connectivity index (χ4n) is 3.89. The van der Waals surface area contributed by atoms with Crippen molar-refractivity contribution in [3.63, 3.8) is 0 Å². The van der Waals surface area contributed by atoms with Crippen LogP contribution in [0.25, 0.3) is 11.0 Å². The number of hydrogen-bond acceptors (Lipinski definition) is 7. The van der Waals surface area contributed by atoms with Crippen molar-refractivity contribution in [3.05, 3.63) is 54.1 Å². The molecule has 0 radical (unpaired) electrons. The van der Waals surface area contributed by atoms with Gasteiger partial charge in [-0.1, -0.05) is 0 Å². The Hall–Kier alpha value is -2.71. The lowest BCUT2D eigenvalue weighted by Gasteiger charge is -2.37. The molecule has 27 heavy (non-hydrogen) atoms. The van der Waals surface area contributed by atoms with Crippen LogP contribution < -0.4 is 0 Å². The number of fused-ring (bicyclic) bond motifs is 2. The standard InChI is InChI=1S/C19H16N2O5S/c22-11-19(4-6-25-12-19)21-10-14-8-20-9-16(14)18(21)27(23,24)15-1-2-17-13(7-15)3-5-26-17/h1-3,5,7-11,18H,4,6,12H2. The summed E-state index contributed by atoms with van der Waals surface area (Å²) >= 11 is 0. The highest BCUT2D eigenvalue weighted by molar-refractivity contribution is 7.92. The molecule has 1 saturated heterocycles. The van der Waals surface area contributed by atoms with E-state index in [1.165, 1.54) is 12.3 Å². The van der Waals surface area contributed by atoms with Crippen LogP contribution in [0.3, 0.4) is 0 Å². The van der Waals surface area contributed by atoms with E-state index in [4.69, 9.17) is 9.15 Å². The Morgan fingerprint density at radius 3 is 2.96 bits per heavy atom. The summed E-state index contributed by atoms with van der Waals surface area (Å²) in [5.41, 5.74) is 0.910. The quantitative estimate of drug-likeness (QED) is 0.750. The van der Waals surface area contributed by atoms with Gasteiger partial charge in [-0.15, -0.1) is 0 Å². The second-order valence-corrected chi connectivity index (χ2v) is 8.90. The molecule has 4 heterocycles. The molecular weight excluding hydrogens is 368 g/mol. The molecule has 1 fully saturated rings. The van der Waals surface area contributed by atoms with Gasteiger partial charge in [0.25, 0.3) is 0 Å². The lowest BCUT2D eigenvalue weighted by Crippen LogP contribution is -2.53. The fraction of sp³-hybridized carbons (Fsp3) is 0.263. The lowest BCUT2D eigenvalue weighted by atomic mass is 9.99. The Balaban J connectivity index is 1.65. The summed E-state index contributed by atoms with van der Waals surface area (Å²) in [6.45, 7) is 0.580. The molecule has 3 aliphatic rings. The molecule has 0 bridgehead atoms. The average molecular weight is 384 g/mol. The minimum Gasteiger partial charge on any atom is -0.464 e. The van der Waals surface area contributed by atoms with Gasteiger partial charge in [-0.25, -0.2) is 8.42 Å². The van der Waals surface area contributed by atoms with Crippen molar-refractivity contribution in [2.24, 2.45) is 4.99 Å². The van der Waals surface area contributed by atoms with Crippen LogP contribution in [0.2, 0.25) is 0 Å². The Kier molecular flexibility index (Phi) is 3.44. The maximum absolute atomic E-state index is 13.6. The number of aliphatic imine (C=N–C) groups is 1. The molecule has 2 atom stereocenters. The minimum atomic E-state index is -3.83. The maximum atomic E-state index is 13.6. The Morgan fingerprint density at radius 2 is 2.19 bits per heavy atom. The monoisotopic (exact) mass is 384 g/mol. The van der Waals surface area contributed by atoms with Crippen LogP contribution in [0.15, 0.2) is 68.4 Å². The average Bonchev–Trinajstić information content (AvgIpc) is 3.43. The zero-order valence-corrected chi connectivity index (χ0v) is 15.1. The molecule has 0 saturated carbocycles. The van der Waals surface area contributed by atoms with E-state index in [9.17, 15) is 13.2 Å². The van der Waals surface area contributed by atoms with E-state index in [0.29, 0.717) is 35.1 Å². The van der Waals surface area contributed by atoms with Gasteiger partial charge in [0.15, 0.2) is 5.37 Å². The first-order valence-corrected chi connectivity index (χ1v) is 10.1. The number of furan rings is 1. The molecular formula is C19H16N2O5S. The van der Waals surface area contributed by atoms with Gasteiger partial charge in [0, 0.05) is 48.2 Å². The van der Waals surface area contributed by atoms with E-state index in [2.05, 4.69) is 4.99 Å². The SMILES string of the molecule is O=CC1(N2C=C3C=NC=C3C2S(=O)(=O)c2ccc3occc3c2)CCOC1. The molecule has 0 amide bonds. The number of sulfone groups is 1. The molecule has 1 aromatic heterocycles. The van der Waals surface area contributed by atoms with Crippen molar-refractivity contribution < 1.29 is 22.4 Å². The third-order valence-electron chi connectivity index (χ3n) is 5.37. The lowest BCUT2D eigenvalue weighted by molar-refractivity contribution is -0.117. The van der Waals surface area contributed by atoms with Crippen LogP contribution in [0.1, 0.15) is 6.42 Å². The molecule has 0 spiro atoms. The van der Waals surface area contributed by atoms with Gasteiger partial charge in [0.2, 0.25) is 9.84 Å². The van der Waals surface area contributed by atoms with Crippen LogP contribution in [-0.2, 0) is 19.4 Å². The number of aldehydes is 1. The summed E-state index contributed by atoms with van der Waals surface area (Å²) in [7, 11) is -3.83. The molecule has 1 aromatic carbocycles. The summed E-state index contributed by atoms with van der Waals surface area (Å²) in [6, 6.07) is 6.50. The van der Waals surface area contributed by atoms with E-state index in [0.717, 1.165) is 6.29 Å². The summed E-state index contributed by atoms with van der Waals surface area (Å²) in [5, 5.41) is -0.314. The topological polar surface area (TPSA) is 89.2 Å². The largest absolute Gasteiger partial charge is 0.464 e. The predicted molar refractivity (Wildman–Crippen MR) is 97.9 cm³/mol. The van der Waals surface area contributed by atoms with Crippen molar-refractivity contribution in [1.29, 1.82) is 0 Å². The Labute approximate surface area is 155 Å². The number of nitrogens with zero attached hydrogens (tertiary/aromatic N) is 2. The number of rotatable bonds is 4. The summed E-state index contributed by atoms with van der Waals surface area (Å²) in [5.74, 6) is 0. The van der Waals surface area contributed by atoms with Gasteiger partial charge in [-0.3, -0.25) is 4.99 Å². The molecule has 5 rings (SSSR count). The van der Waals surface area contributed by atoms with Gasteiger partial charge in [-0.2, -0.15) is 0 Å². The van der Waals surface area contributed by atoms with Gasteiger partial charge in [0.05, 0.1) is 17.8 Å². The number of benzene rings is 1. The Bertz CT molecular complexity index is 1140. The van der Waals surface area contributed by atoms with Gasteiger partial charge >= 0.3 is 0 Å². The second-order valence-electron chi connectivity index (χ2n) is 6.90. The number of hydrogen-bond donors (Lipinski definition) is 0. The van der Waals surface area contributed by atoms with E-state index in [-0.39, 0.29) is 11.5 Å². The molecule has 0 N–H and O–H groups in total. The van der Waals surface area contributed by atoms with E-state index in [1.54, 1.807) is 41.7 Å². The third kappa shape index (κ3) is 2.26. The van der Waals surface area contributed by atoms with Crippen LogP contribution in [-0.4, -0.2) is 49.9 Å². The van der Waals surface area contributed by atoms with E-state index < -0.39 is 20.8 Å². The Morgan fingerprint density at radius 1 is 1.30 bits per heavy atom. The zero-order chi connectivity index (χ0) is 18.6. The molecule has 7 nitrogen and oxygen atoms in total. The highest BCUT2D eigenvalue weighted by Crippen LogP contribution is 2.42. The van der Waals surface area contributed by atoms with Gasteiger partial charge in [0.1, 0.15) is 17.4 Å². The maximum Gasteiger partial charge on any atom is 0.203 e. The van der Waals surface area contributed by atoms with Crippen LogP contribution in [0.5, 0.6) is 0 Å². The smallest absolute Gasteiger partial charge is 0.203 e. The first kappa shape index (κ1) is 16.5. The number of carbonyl (C=O) groups is 1. The highest BCUT2D eigenvalue weighted by atomic mass is 32.2. The first-order chi connectivity index (χ1) is 13.0. The molecule has 138 valence electrons. The molecule has 2 unspecified atom stereocenters. The van der Waals surface area contributed by atoms with Gasteiger partial charge in [-0.05, 0) is 24.3 Å². The summed E-state index contributed by atoms with van der Waals surface area (Å²) in [6.07, 6.45) is 7.65. The highest BCUT2D eigenvalue weighted by Gasteiger charge is 2.51. The van der Waals surface area contributed by atoms with E-state index >= 15 is 0 Å². The first-order valence-electron chi connectivity index (χ1n) is 8.54. The molecule has 8 heteroatoms. The van der Waals surface area contributed by atoms with Gasteiger partial charge < -0.3 is 18.8 Å². The van der Waals surface area contributed by atoms with Crippen LogP contribution >= 0.6 is 0 Å².